The van der Waals surface area contributed by atoms with Gasteiger partial charge in [-0.25, -0.2) is 0 Å². The Morgan fingerprint density at radius 2 is 1.94 bits per heavy atom. The molecule has 1 saturated heterocycles. The molecule has 3 nitrogen and oxygen atoms in total. The number of hydrogen-bond acceptors (Lipinski definition) is 3. The Labute approximate surface area is 109 Å². The number of piperidine rings is 1. The molecule has 0 aromatic heterocycles. The highest BCUT2D eigenvalue weighted by atomic mass is 16.5. The highest BCUT2D eigenvalue weighted by Gasteiger charge is 2.15. The average molecular weight is 247 g/mol. The summed E-state index contributed by atoms with van der Waals surface area (Å²) in [4.78, 5) is 13.4. The van der Waals surface area contributed by atoms with Gasteiger partial charge in [-0.1, -0.05) is 12.1 Å². The molecule has 1 aromatic rings. The third kappa shape index (κ3) is 3.33. The Kier molecular flexibility index (Phi) is 4.37. The number of aryl methyl sites for hydroxylation is 1. The minimum atomic E-state index is 0.390. The highest BCUT2D eigenvalue weighted by Crippen LogP contribution is 2.20. The van der Waals surface area contributed by atoms with Gasteiger partial charge in [-0.05, 0) is 31.0 Å². The van der Waals surface area contributed by atoms with E-state index in [9.17, 15) is 4.79 Å². The number of nitrogens with zero attached hydrogens (tertiary/aromatic N) is 1. The Hall–Kier alpha value is -1.35. The molecule has 98 valence electrons. The van der Waals surface area contributed by atoms with Crippen molar-refractivity contribution in [2.75, 3.05) is 26.2 Å². The van der Waals surface area contributed by atoms with Crippen LogP contribution in [0.25, 0.3) is 0 Å². The van der Waals surface area contributed by atoms with Gasteiger partial charge in [0.05, 0.1) is 0 Å². The fraction of sp³-hybridized carbons (Fsp3) is 0.533. The first-order chi connectivity index (χ1) is 8.66. The normalized spacial score (nSPS) is 16.9. The fourth-order valence-corrected chi connectivity index (χ4v) is 2.19. The summed E-state index contributed by atoms with van der Waals surface area (Å²) in [6.07, 6.45) is 1.40. The van der Waals surface area contributed by atoms with Crippen molar-refractivity contribution in [2.45, 2.75) is 26.7 Å². The second-order valence-corrected chi connectivity index (χ2v) is 4.93. The monoisotopic (exact) mass is 247 g/mol. The van der Waals surface area contributed by atoms with Gasteiger partial charge in [-0.3, -0.25) is 9.69 Å². The summed E-state index contributed by atoms with van der Waals surface area (Å²) in [6, 6.07) is 6.14. The zero-order valence-electron chi connectivity index (χ0n) is 11.2. The van der Waals surface area contributed by atoms with E-state index in [1.165, 1.54) is 11.1 Å². The van der Waals surface area contributed by atoms with E-state index in [0.717, 1.165) is 25.4 Å². The van der Waals surface area contributed by atoms with Crippen LogP contribution in [0.3, 0.4) is 0 Å². The number of benzene rings is 1. The van der Waals surface area contributed by atoms with E-state index in [0.29, 0.717) is 25.2 Å². The third-order valence-electron chi connectivity index (χ3n) is 3.63. The van der Waals surface area contributed by atoms with Gasteiger partial charge in [0.2, 0.25) is 0 Å². The van der Waals surface area contributed by atoms with Crippen molar-refractivity contribution >= 4 is 5.78 Å². The van der Waals surface area contributed by atoms with Crippen LogP contribution in [0.1, 0.15) is 24.0 Å². The lowest BCUT2D eigenvalue weighted by Crippen LogP contribution is -2.36. The molecule has 0 atom stereocenters. The first-order valence-electron chi connectivity index (χ1n) is 6.60. The van der Waals surface area contributed by atoms with E-state index >= 15 is 0 Å². The summed E-state index contributed by atoms with van der Waals surface area (Å²) >= 11 is 0. The quantitative estimate of drug-likeness (QED) is 0.818. The predicted octanol–water partition coefficient (Wildman–Crippen LogP) is 2.35. The molecule has 0 amide bonds. The number of carbonyl (C=O) groups is 1. The first kappa shape index (κ1) is 13.1. The Balaban J connectivity index is 1.78. The van der Waals surface area contributed by atoms with Gasteiger partial charge in [0.1, 0.15) is 18.1 Å². The second-order valence-electron chi connectivity index (χ2n) is 4.93. The fourth-order valence-electron chi connectivity index (χ4n) is 2.19. The lowest BCUT2D eigenvalue weighted by Gasteiger charge is -2.25. The summed E-state index contributed by atoms with van der Waals surface area (Å²) in [5.74, 6) is 1.37. The highest BCUT2D eigenvalue weighted by molar-refractivity contribution is 5.79. The van der Waals surface area contributed by atoms with E-state index in [-0.39, 0.29) is 0 Å². The maximum Gasteiger partial charge on any atom is 0.135 e. The van der Waals surface area contributed by atoms with E-state index in [1.54, 1.807) is 0 Å². The molecule has 0 radical (unpaired) electrons. The van der Waals surface area contributed by atoms with Crippen molar-refractivity contribution in [3.8, 4) is 5.75 Å². The van der Waals surface area contributed by atoms with Crippen molar-refractivity contribution < 1.29 is 9.53 Å². The predicted molar refractivity (Wildman–Crippen MR) is 72.1 cm³/mol. The number of carbonyl (C=O) groups excluding carboxylic acids is 1. The summed E-state index contributed by atoms with van der Waals surface area (Å²) < 4.78 is 5.82. The number of rotatable bonds is 4. The van der Waals surface area contributed by atoms with Crippen LogP contribution in [0.5, 0.6) is 5.75 Å². The van der Waals surface area contributed by atoms with Gasteiger partial charge in [-0.2, -0.15) is 0 Å². The van der Waals surface area contributed by atoms with Crippen molar-refractivity contribution in [3.05, 3.63) is 29.3 Å². The summed E-state index contributed by atoms with van der Waals surface area (Å²) in [6.45, 7) is 7.55. The number of ketones is 1. The van der Waals surface area contributed by atoms with Gasteiger partial charge >= 0.3 is 0 Å². The largest absolute Gasteiger partial charge is 0.492 e. The van der Waals surface area contributed by atoms with Crippen LogP contribution in [-0.2, 0) is 4.79 Å². The molecule has 0 aliphatic carbocycles. The van der Waals surface area contributed by atoms with Crippen LogP contribution in [0.15, 0.2) is 18.2 Å². The molecule has 1 aliphatic rings. The topological polar surface area (TPSA) is 29.5 Å². The maximum absolute atomic E-state index is 11.1. The van der Waals surface area contributed by atoms with Crippen LogP contribution >= 0.6 is 0 Å². The second kappa shape index (κ2) is 6.01. The van der Waals surface area contributed by atoms with Gasteiger partial charge in [0.15, 0.2) is 0 Å². The first-order valence-corrected chi connectivity index (χ1v) is 6.60. The van der Waals surface area contributed by atoms with Crippen LogP contribution in [0, 0.1) is 13.8 Å². The van der Waals surface area contributed by atoms with Gasteiger partial charge in [0.25, 0.3) is 0 Å². The van der Waals surface area contributed by atoms with Crippen molar-refractivity contribution in [3.63, 3.8) is 0 Å². The smallest absolute Gasteiger partial charge is 0.135 e. The SMILES string of the molecule is Cc1cccc(OCCN2CCC(=O)CC2)c1C. The van der Waals surface area contributed by atoms with Gasteiger partial charge < -0.3 is 4.74 Å². The lowest BCUT2D eigenvalue weighted by atomic mass is 10.1. The molecule has 2 rings (SSSR count). The van der Waals surface area contributed by atoms with E-state index < -0.39 is 0 Å². The summed E-state index contributed by atoms with van der Waals surface area (Å²) in [5, 5.41) is 0. The van der Waals surface area contributed by atoms with Crippen LogP contribution in [-0.4, -0.2) is 36.9 Å². The number of likely N-dealkylation sites (tertiary alicyclic amines) is 1. The Morgan fingerprint density at radius 1 is 1.22 bits per heavy atom. The number of ether oxygens (including phenoxy) is 1. The molecule has 1 heterocycles. The third-order valence-corrected chi connectivity index (χ3v) is 3.63. The molecular weight excluding hydrogens is 226 g/mol. The zero-order valence-corrected chi connectivity index (χ0v) is 11.2. The molecule has 1 fully saturated rings. The lowest BCUT2D eigenvalue weighted by molar-refractivity contribution is -0.121. The Bertz CT molecular complexity index is 419. The van der Waals surface area contributed by atoms with E-state index in [4.69, 9.17) is 4.74 Å². The standard InChI is InChI=1S/C15H21NO2/c1-12-4-3-5-15(13(12)2)18-11-10-16-8-6-14(17)7-9-16/h3-5H,6-11H2,1-2H3. The van der Waals surface area contributed by atoms with Crippen molar-refractivity contribution in [1.82, 2.24) is 4.90 Å². The van der Waals surface area contributed by atoms with Crippen molar-refractivity contribution in [1.29, 1.82) is 0 Å². The molecule has 1 aliphatic heterocycles. The summed E-state index contributed by atoms with van der Waals surface area (Å²) in [5.41, 5.74) is 2.47. The number of Topliss-reactive ketones (excluding diaryl/α,β-unsaturated/α-hetero) is 1. The molecule has 0 bridgehead atoms. The summed E-state index contributed by atoms with van der Waals surface area (Å²) in [7, 11) is 0. The van der Waals surface area contributed by atoms with Crippen LogP contribution < -0.4 is 4.74 Å². The van der Waals surface area contributed by atoms with Gasteiger partial charge in [-0.15, -0.1) is 0 Å². The molecular formula is C15H21NO2. The van der Waals surface area contributed by atoms with Crippen LogP contribution in [0.4, 0.5) is 0 Å². The van der Waals surface area contributed by atoms with Crippen molar-refractivity contribution in [2.24, 2.45) is 0 Å². The van der Waals surface area contributed by atoms with E-state index in [2.05, 4.69) is 24.8 Å². The average Bonchev–Trinajstić information content (AvgIpc) is 2.37. The van der Waals surface area contributed by atoms with E-state index in [1.807, 2.05) is 12.1 Å². The minimum Gasteiger partial charge on any atom is -0.492 e. The zero-order chi connectivity index (χ0) is 13.0. The molecule has 3 heteroatoms. The minimum absolute atomic E-state index is 0.390. The number of hydrogen-bond donors (Lipinski definition) is 0. The molecule has 0 saturated carbocycles. The van der Waals surface area contributed by atoms with Gasteiger partial charge in [0, 0.05) is 32.5 Å². The maximum atomic E-state index is 11.1. The molecule has 0 N–H and O–H groups in total. The molecule has 0 unspecified atom stereocenters. The van der Waals surface area contributed by atoms with Crippen LogP contribution in [0.2, 0.25) is 0 Å². The molecule has 0 spiro atoms. The molecule has 18 heavy (non-hydrogen) atoms. The Morgan fingerprint density at radius 3 is 2.67 bits per heavy atom. The molecule has 1 aromatic carbocycles.